The van der Waals surface area contributed by atoms with Crippen molar-refractivity contribution in [1.82, 2.24) is 5.32 Å². The van der Waals surface area contributed by atoms with Crippen molar-refractivity contribution in [3.8, 4) is 0 Å². The zero-order valence-electron chi connectivity index (χ0n) is 10.9. The molecule has 1 heterocycles. The number of aliphatic hydroxyl groups excluding tert-OH is 1. The van der Waals surface area contributed by atoms with Gasteiger partial charge in [0.1, 0.15) is 0 Å². The van der Waals surface area contributed by atoms with Crippen LogP contribution in [-0.2, 0) is 11.3 Å². The maximum absolute atomic E-state index is 11.6. The molecule has 1 amide bonds. The van der Waals surface area contributed by atoms with Crippen molar-refractivity contribution in [2.45, 2.75) is 39.3 Å². The number of amides is 1. The molecule has 5 heteroatoms. The summed E-state index contributed by atoms with van der Waals surface area (Å²) in [7, 11) is 0. The number of carbonyl (C=O) groups excluding carboxylic acids is 1. The van der Waals surface area contributed by atoms with E-state index in [0.717, 1.165) is 6.42 Å². The van der Waals surface area contributed by atoms with Crippen LogP contribution in [-0.4, -0.2) is 23.7 Å². The van der Waals surface area contributed by atoms with Gasteiger partial charge in [0.05, 0.1) is 19.1 Å². The molecule has 0 radical (unpaired) electrons. The highest BCUT2D eigenvalue weighted by atomic mass is 79.9. The second-order valence-corrected chi connectivity index (χ2v) is 4.22. The minimum absolute atomic E-state index is 0. The van der Waals surface area contributed by atoms with Crippen LogP contribution >= 0.6 is 0 Å². The van der Waals surface area contributed by atoms with Crippen LogP contribution in [0.15, 0.2) is 24.5 Å². The molecular formula is C13H21BrN2O2. The maximum Gasteiger partial charge on any atom is 0.226 e. The van der Waals surface area contributed by atoms with E-state index in [2.05, 4.69) is 5.32 Å². The fourth-order valence-electron chi connectivity index (χ4n) is 1.49. The number of nitrogens with zero attached hydrogens (tertiary/aromatic N) is 1. The molecule has 0 spiro atoms. The molecule has 0 bridgehead atoms. The van der Waals surface area contributed by atoms with Gasteiger partial charge in [-0.2, -0.15) is 0 Å². The number of halogens is 1. The number of hydrogen-bond acceptors (Lipinski definition) is 2. The average molecular weight is 317 g/mol. The molecule has 0 aliphatic heterocycles. The lowest BCUT2D eigenvalue weighted by Crippen LogP contribution is -3.00. The average Bonchev–Trinajstić information content (AvgIpc) is 2.35. The minimum atomic E-state index is -0.120. The van der Waals surface area contributed by atoms with Gasteiger partial charge in [-0.25, -0.2) is 4.57 Å². The Kier molecular flexibility index (Phi) is 8.58. The topological polar surface area (TPSA) is 53.2 Å². The smallest absolute Gasteiger partial charge is 0.226 e. The molecule has 102 valence electrons. The predicted octanol–water partition coefficient (Wildman–Crippen LogP) is -2.44. The zero-order chi connectivity index (χ0) is 12.7. The first-order valence-corrected chi connectivity index (χ1v) is 6.01. The summed E-state index contributed by atoms with van der Waals surface area (Å²) in [4.78, 5) is 11.6. The molecule has 0 saturated heterocycles. The zero-order valence-corrected chi connectivity index (χ0v) is 12.5. The molecule has 1 atom stereocenters. The van der Waals surface area contributed by atoms with Crippen LogP contribution in [0.2, 0.25) is 0 Å². The van der Waals surface area contributed by atoms with Gasteiger partial charge in [0, 0.05) is 12.1 Å². The maximum atomic E-state index is 11.6. The fraction of sp³-hybridized carbons (Fsp3) is 0.538. The number of nitrogens with one attached hydrogen (secondary N) is 1. The van der Waals surface area contributed by atoms with E-state index in [1.54, 1.807) is 0 Å². The SMILES string of the molecule is CCC(CO)NC(=O)CC[n+]1ccc(C)cc1.[Br-]. The van der Waals surface area contributed by atoms with Crippen molar-refractivity contribution in [1.29, 1.82) is 0 Å². The lowest BCUT2D eigenvalue weighted by Gasteiger charge is -2.12. The Bertz CT molecular complexity index is 351. The lowest BCUT2D eigenvalue weighted by molar-refractivity contribution is -0.695. The Morgan fingerprint density at radius 2 is 2.06 bits per heavy atom. The largest absolute Gasteiger partial charge is 1.00 e. The molecule has 18 heavy (non-hydrogen) atoms. The highest BCUT2D eigenvalue weighted by Gasteiger charge is 2.10. The molecule has 0 aromatic carbocycles. The molecular weight excluding hydrogens is 296 g/mol. The standard InChI is InChI=1S/C13H20N2O2.BrH/c1-3-12(10-16)14-13(17)6-9-15-7-4-11(2)5-8-15;/h4-5,7-8,12,16H,3,6,9-10H2,1-2H3;1H. The van der Waals surface area contributed by atoms with Gasteiger partial charge in [-0.1, -0.05) is 6.92 Å². The van der Waals surface area contributed by atoms with Crippen molar-refractivity contribution in [3.05, 3.63) is 30.1 Å². The Hall–Kier alpha value is -0.940. The van der Waals surface area contributed by atoms with Gasteiger partial charge in [0.15, 0.2) is 18.9 Å². The number of aryl methyl sites for hydroxylation is 2. The second kappa shape index (κ2) is 9.05. The summed E-state index contributed by atoms with van der Waals surface area (Å²) in [6.07, 6.45) is 5.11. The highest BCUT2D eigenvalue weighted by Crippen LogP contribution is 1.92. The molecule has 0 saturated carbocycles. The molecule has 2 N–H and O–H groups in total. The van der Waals surface area contributed by atoms with Crippen LogP contribution in [0.1, 0.15) is 25.3 Å². The van der Waals surface area contributed by atoms with Gasteiger partial charge < -0.3 is 27.4 Å². The quantitative estimate of drug-likeness (QED) is 0.573. The van der Waals surface area contributed by atoms with Crippen LogP contribution in [0.5, 0.6) is 0 Å². The molecule has 0 fully saturated rings. The second-order valence-electron chi connectivity index (χ2n) is 4.22. The van der Waals surface area contributed by atoms with E-state index < -0.39 is 0 Å². The summed E-state index contributed by atoms with van der Waals surface area (Å²) in [5.74, 6) is -0.0148. The number of carbonyl (C=O) groups is 1. The highest BCUT2D eigenvalue weighted by molar-refractivity contribution is 5.75. The van der Waals surface area contributed by atoms with E-state index in [1.165, 1.54) is 5.56 Å². The molecule has 4 nitrogen and oxygen atoms in total. The van der Waals surface area contributed by atoms with Crippen molar-refractivity contribution < 1.29 is 31.4 Å². The first-order valence-electron chi connectivity index (χ1n) is 6.01. The van der Waals surface area contributed by atoms with Crippen LogP contribution in [0.3, 0.4) is 0 Å². The van der Waals surface area contributed by atoms with Crippen LogP contribution in [0.4, 0.5) is 0 Å². The van der Waals surface area contributed by atoms with E-state index in [4.69, 9.17) is 5.11 Å². The van der Waals surface area contributed by atoms with Crippen molar-refractivity contribution >= 4 is 5.91 Å². The number of pyridine rings is 1. The van der Waals surface area contributed by atoms with E-state index in [9.17, 15) is 4.79 Å². The molecule has 1 aromatic heterocycles. The Morgan fingerprint density at radius 3 is 2.56 bits per heavy atom. The summed E-state index contributed by atoms with van der Waals surface area (Å²) in [5, 5.41) is 11.8. The predicted molar refractivity (Wildman–Crippen MR) is 65.3 cm³/mol. The van der Waals surface area contributed by atoms with Gasteiger partial charge in [-0.15, -0.1) is 0 Å². The number of aliphatic hydroxyl groups is 1. The molecule has 0 aliphatic rings. The van der Waals surface area contributed by atoms with Gasteiger partial charge in [0.25, 0.3) is 0 Å². The van der Waals surface area contributed by atoms with Gasteiger partial charge in [-0.3, -0.25) is 4.79 Å². The summed E-state index contributed by atoms with van der Waals surface area (Å²) in [6, 6.07) is 3.91. The van der Waals surface area contributed by atoms with Crippen molar-refractivity contribution in [3.63, 3.8) is 0 Å². The van der Waals surface area contributed by atoms with E-state index in [1.807, 2.05) is 42.9 Å². The first-order chi connectivity index (χ1) is 8.15. The number of hydrogen-bond donors (Lipinski definition) is 2. The van der Waals surface area contributed by atoms with Crippen molar-refractivity contribution in [2.75, 3.05) is 6.61 Å². The summed E-state index contributed by atoms with van der Waals surface area (Å²) in [6.45, 7) is 4.63. The van der Waals surface area contributed by atoms with Crippen LogP contribution in [0, 0.1) is 6.92 Å². The van der Waals surface area contributed by atoms with E-state index in [-0.39, 0.29) is 35.5 Å². The first kappa shape index (κ1) is 17.1. The third kappa shape index (κ3) is 6.12. The summed E-state index contributed by atoms with van der Waals surface area (Å²) >= 11 is 0. The summed E-state index contributed by atoms with van der Waals surface area (Å²) in [5.41, 5.74) is 1.21. The number of rotatable bonds is 6. The Labute approximate surface area is 119 Å². The molecule has 1 rings (SSSR count). The third-order valence-electron chi connectivity index (χ3n) is 2.73. The Morgan fingerprint density at radius 1 is 1.44 bits per heavy atom. The van der Waals surface area contributed by atoms with E-state index >= 15 is 0 Å². The van der Waals surface area contributed by atoms with Crippen LogP contribution in [0.25, 0.3) is 0 Å². The van der Waals surface area contributed by atoms with Crippen molar-refractivity contribution in [2.24, 2.45) is 0 Å². The molecule has 1 aromatic rings. The van der Waals surface area contributed by atoms with Gasteiger partial charge >= 0.3 is 0 Å². The van der Waals surface area contributed by atoms with Crippen LogP contribution < -0.4 is 26.9 Å². The fourth-order valence-corrected chi connectivity index (χ4v) is 1.49. The third-order valence-corrected chi connectivity index (χ3v) is 2.73. The monoisotopic (exact) mass is 316 g/mol. The minimum Gasteiger partial charge on any atom is -1.00 e. The Balaban J connectivity index is 0.00000289. The molecule has 1 unspecified atom stereocenters. The molecule has 0 aliphatic carbocycles. The van der Waals surface area contributed by atoms with Gasteiger partial charge in [-0.05, 0) is 18.9 Å². The number of aromatic nitrogens is 1. The lowest BCUT2D eigenvalue weighted by atomic mass is 10.2. The summed E-state index contributed by atoms with van der Waals surface area (Å²) < 4.78 is 1.98. The normalized spacial score (nSPS) is 11.5. The van der Waals surface area contributed by atoms with E-state index in [0.29, 0.717) is 13.0 Å². The van der Waals surface area contributed by atoms with Gasteiger partial charge in [0.2, 0.25) is 5.91 Å².